The van der Waals surface area contributed by atoms with Crippen LogP contribution in [0.25, 0.3) is 0 Å². The van der Waals surface area contributed by atoms with Gasteiger partial charge in [0.15, 0.2) is 0 Å². The van der Waals surface area contributed by atoms with E-state index in [2.05, 4.69) is 5.32 Å². The van der Waals surface area contributed by atoms with Crippen LogP contribution in [0.3, 0.4) is 0 Å². The molecule has 4 nitrogen and oxygen atoms in total. The van der Waals surface area contributed by atoms with Crippen LogP contribution in [0.4, 0.5) is 5.69 Å². The highest BCUT2D eigenvalue weighted by atomic mass is 16.1. The maximum Gasteiger partial charge on any atom is 0.255 e. The summed E-state index contributed by atoms with van der Waals surface area (Å²) in [5.41, 5.74) is 1.16. The lowest BCUT2D eigenvalue weighted by atomic mass is 10.2. The molecule has 0 saturated heterocycles. The summed E-state index contributed by atoms with van der Waals surface area (Å²) in [4.78, 5) is 23.5. The number of hydrogen-bond acceptors (Lipinski definition) is 2. The number of carbonyl (C=O) groups excluding carboxylic acids is 1. The zero-order chi connectivity index (χ0) is 13.7. The molecule has 19 heavy (non-hydrogen) atoms. The minimum atomic E-state index is -0.178. The second-order valence-electron chi connectivity index (χ2n) is 4.27. The molecule has 1 N–H and O–H groups in total. The molecular weight excluding hydrogens is 240 g/mol. The Morgan fingerprint density at radius 3 is 2.58 bits per heavy atom. The number of aryl methyl sites for hydroxylation is 1. The van der Waals surface area contributed by atoms with Crippen LogP contribution in [0.2, 0.25) is 0 Å². The van der Waals surface area contributed by atoms with Gasteiger partial charge in [-0.2, -0.15) is 0 Å². The molecule has 4 heteroatoms. The molecular formula is C15H16N2O2. The van der Waals surface area contributed by atoms with Crippen LogP contribution in [0, 0.1) is 0 Å². The third-order valence-electron chi connectivity index (χ3n) is 2.74. The van der Waals surface area contributed by atoms with Gasteiger partial charge in [0.05, 0.1) is 5.69 Å². The Labute approximate surface area is 111 Å². The van der Waals surface area contributed by atoms with Crippen LogP contribution in [-0.2, 0) is 6.54 Å². The Morgan fingerprint density at radius 2 is 1.89 bits per heavy atom. The fourth-order valence-corrected chi connectivity index (χ4v) is 1.81. The molecule has 1 amide bonds. The molecule has 2 rings (SSSR count). The van der Waals surface area contributed by atoms with Gasteiger partial charge in [-0.1, -0.05) is 25.1 Å². The normalized spacial score (nSPS) is 10.2. The molecule has 0 aliphatic rings. The first-order valence-corrected chi connectivity index (χ1v) is 6.27. The van der Waals surface area contributed by atoms with Gasteiger partial charge in [-0.15, -0.1) is 0 Å². The molecule has 0 unspecified atom stereocenters. The first-order chi connectivity index (χ1) is 9.20. The largest absolute Gasteiger partial charge is 0.321 e. The van der Waals surface area contributed by atoms with Crippen molar-refractivity contribution >= 4 is 11.6 Å². The van der Waals surface area contributed by atoms with Crippen molar-refractivity contribution in [2.45, 2.75) is 19.9 Å². The molecule has 0 saturated carbocycles. The average molecular weight is 256 g/mol. The third-order valence-corrected chi connectivity index (χ3v) is 2.74. The molecule has 0 spiro atoms. The standard InChI is InChI=1S/C15H16N2O2/c1-2-10-17-11-13(8-9-14(17)18)16-15(19)12-6-4-3-5-7-12/h3-9,11H,2,10H2,1H3,(H,16,19). The number of nitrogens with zero attached hydrogens (tertiary/aromatic N) is 1. The van der Waals surface area contributed by atoms with Gasteiger partial charge in [-0.25, -0.2) is 0 Å². The van der Waals surface area contributed by atoms with Gasteiger partial charge in [-0.3, -0.25) is 9.59 Å². The molecule has 1 heterocycles. The van der Waals surface area contributed by atoms with E-state index < -0.39 is 0 Å². The van der Waals surface area contributed by atoms with E-state index in [1.54, 1.807) is 29.0 Å². The molecule has 0 aliphatic carbocycles. The summed E-state index contributed by atoms with van der Waals surface area (Å²) in [5.74, 6) is -0.178. The van der Waals surface area contributed by atoms with E-state index in [1.807, 2.05) is 25.1 Å². The molecule has 2 aromatic rings. The maximum atomic E-state index is 12.0. The van der Waals surface area contributed by atoms with Crippen LogP contribution in [-0.4, -0.2) is 10.5 Å². The average Bonchev–Trinajstić information content (AvgIpc) is 2.44. The van der Waals surface area contributed by atoms with Crippen molar-refractivity contribution in [2.24, 2.45) is 0 Å². The summed E-state index contributed by atoms with van der Waals surface area (Å²) in [6.45, 7) is 2.65. The van der Waals surface area contributed by atoms with Gasteiger partial charge in [-0.05, 0) is 24.6 Å². The van der Waals surface area contributed by atoms with E-state index in [4.69, 9.17) is 0 Å². The van der Waals surface area contributed by atoms with Gasteiger partial charge in [0.2, 0.25) is 0 Å². The predicted octanol–water partition coefficient (Wildman–Crippen LogP) is 2.51. The highest BCUT2D eigenvalue weighted by Crippen LogP contribution is 2.07. The number of nitrogens with one attached hydrogen (secondary N) is 1. The van der Waals surface area contributed by atoms with E-state index in [-0.39, 0.29) is 11.5 Å². The predicted molar refractivity (Wildman–Crippen MR) is 75.4 cm³/mol. The van der Waals surface area contributed by atoms with Crippen molar-refractivity contribution in [2.75, 3.05) is 5.32 Å². The second kappa shape index (κ2) is 6.00. The Balaban J connectivity index is 2.18. The van der Waals surface area contributed by atoms with Crippen LogP contribution in [0.1, 0.15) is 23.7 Å². The minimum Gasteiger partial charge on any atom is -0.321 e. The molecule has 98 valence electrons. The van der Waals surface area contributed by atoms with Crippen molar-refractivity contribution in [3.63, 3.8) is 0 Å². The summed E-state index contributed by atoms with van der Waals surface area (Å²) in [7, 11) is 0. The fourth-order valence-electron chi connectivity index (χ4n) is 1.81. The number of anilines is 1. The van der Waals surface area contributed by atoms with E-state index >= 15 is 0 Å². The van der Waals surface area contributed by atoms with Crippen LogP contribution in [0.15, 0.2) is 53.5 Å². The lowest BCUT2D eigenvalue weighted by Gasteiger charge is -2.08. The lowest BCUT2D eigenvalue weighted by Crippen LogP contribution is -2.20. The van der Waals surface area contributed by atoms with Gasteiger partial charge in [0.1, 0.15) is 0 Å². The molecule has 0 radical (unpaired) electrons. The van der Waals surface area contributed by atoms with Crippen molar-refractivity contribution in [3.8, 4) is 0 Å². The lowest BCUT2D eigenvalue weighted by molar-refractivity contribution is 0.102. The van der Waals surface area contributed by atoms with Crippen molar-refractivity contribution in [1.82, 2.24) is 4.57 Å². The molecule has 0 fully saturated rings. The Morgan fingerprint density at radius 1 is 1.16 bits per heavy atom. The van der Waals surface area contributed by atoms with Crippen molar-refractivity contribution < 1.29 is 4.79 Å². The fraction of sp³-hybridized carbons (Fsp3) is 0.200. The monoisotopic (exact) mass is 256 g/mol. The Hall–Kier alpha value is -2.36. The van der Waals surface area contributed by atoms with Crippen LogP contribution >= 0.6 is 0 Å². The van der Waals surface area contributed by atoms with E-state index in [0.717, 1.165) is 6.42 Å². The van der Waals surface area contributed by atoms with Gasteiger partial charge in [0, 0.05) is 24.4 Å². The Bertz CT molecular complexity index is 618. The summed E-state index contributed by atoms with van der Waals surface area (Å²) >= 11 is 0. The molecule has 0 aliphatic heterocycles. The van der Waals surface area contributed by atoms with E-state index in [0.29, 0.717) is 17.8 Å². The van der Waals surface area contributed by atoms with Crippen LogP contribution in [0.5, 0.6) is 0 Å². The van der Waals surface area contributed by atoms with Crippen molar-refractivity contribution in [1.29, 1.82) is 0 Å². The highest BCUT2D eigenvalue weighted by Gasteiger charge is 2.05. The topological polar surface area (TPSA) is 51.1 Å². The molecule has 1 aromatic heterocycles. The number of pyridine rings is 1. The van der Waals surface area contributed by atoms with Crippen molar-refractivity contribution in [3.05, 3.63) is 64.6 Å². The van der Waals surface area contributed by atoms with Gasteiger partial charge in [0.25, 0.3) is 11.5 Å². The number of amides is 1. The highest BCUT2D eigenvalue weighted by molar-refractivity contribution is 6.04. The molecule has 0 bridgehead atoms. The minimum absolute atomic E-state index is 0.0560. The molecule has 1 aromatic carbocycles. The smallest absolute Gasteiger partial charge is 0.255 e. The SMILES string of the molecule is CCCn1cc(NC(=O)c2ccccc2)ccc1=O. The summed E-state index contributed by atoms with van der Waals surface area (Å²) < 4.78 is 1.60. The second-order valence-corrected chi connectivity index (χ2v) is 4.27. The quantitative estimate of drug-likeness (QED) is 0.913. The first kappa shape index (κ1) is 13.1. The Kier molecular flexibility index (Phi) is 4.13. The van der Waals surface area contributed by atoms with E-state index in [9.17, 15) is 9.59 Å². The first-order valence-electron chi connectivity index (χ1n) is 6.27. The van der Waals surface area contributed by atoms with Gasteiger partial charge >= 0.3 is 0 Å². The number of carbonyl (C=O) groups is 1. The summed E-state index contributed by atoms with van der Waals surface area (Å²) in [5, 5.41) is 2.79. The van der Waals surface area contributed by atoms with Gasteiger partial charge < -0.3 is 9.88 Å². The maximum absolute atomic E-state index is 12.0. The number of rotatable bonds is 4. The zero-order valence-corrected chi connectivity index (χ0v) is 10.8. The number of hydrogen-bond donors (Lipinski definition) is 1. The number of benzene rings is 1. The number of aromatic nitrogens is 1. The third kappa shape index (κ3) is 3.31. The summed E-state index contributed by atoms with van der Waals surface area (Å²) in [6, 6.07) is 12.1. The van der Waals surface area contributed by atoms with Crippen LogP contribution < -0.4 is 10.9 Å². The summed E-state index contributed by atoms with van der Waals surface area (Å²) in [6.07, 6.45) is 2.54. The zero-order valence-electron chi connectivity index (χ0n) is 10.8. The molecule has 0 atom stereocenters. The van der Waals surface area contributed by atoms with E-state index in [1.165, 1.54) is 6.07 Å².